The first-order chi connectivity index (χ1) is 7.96. The molecule has 0 fully saturated rings. The molecule has 0 saturated heterocycles. The molecule has 1 aromatic carbocycles. The van der Waals surface area contributed by atoms with Gasteiger partial charge in [0.1, 0.15) is 11.5 Å². The van der Waals surface area contributed by atoms with Crippen LogP contribution in [0, 0.1) is 6.92 Å². The predicted octanol–water partition coefficient (Wildman–Crippen LogP) is 2.64. The van der Waals surface area contributed by atoms with Crippen molar-refractivity contribution in [2.45, 2.75) is 32.6 Å². The van der Waals surface area contributed by atoms with E-state index in [1.54, 1.807) is 14.2 Å². The Kier molecular flexibility index (Phi) is 4.40. The Labute approximate surface area is 104 Å². The summed E-state index contributed by atoms with van der Waals surface area (Å²) in [5.74, 6) is 1.80. The quantitative estimate of drug-likeness (QED) is 0.856. The van der Waals surface area contributed by atoms with Crippen molar-refractivity contribution in [3.63, 3.8) is 0 Å². The van der Waals surface area contributed by atoms with Crippen molar-refractivity contribution in [3.8, 4) is 11.5 Å². The lowest BCUT2D eigenvalue weighted by atomic mass is 9.80. The topological polar surface area (TPSA) is 44.5 Å². The zero-order valence-corrected chi connectivity index (χ0v) is 11.5. The maximum absolute atomic E-state index is 5.67. The van der Waals surface area contributed by atoms with Gasteiger partial charge in [-0.3, -0.25) is 0 Å². The minimum atomic E-state index is -0.0128. The van der Waals surface area contributed by atoms with Gasteiger partial charge in [-0.25, -0.2) is 0 Å². The molecule has 0 amide bonds. The molecule has 17 heavy (non-hydrogen) atoms. The second-order valence-electron chi connectivity index (χ2n) is 4.94. The third kappa shape index (κ3) is 2.91. The molecule has 3 nitrogen and oxygen atoms in total. The van der Waals surface area contributed by atoms with E-state index in [1.165, 1.54) is 0 Å². The maximum Gasteiger partial charge on any atom is 0.123 e. The van der Waals surface area contributed by atoms with Gasteiger partial charge in [0.15, 0.2) is 0 Å². The molecule has 0 atom stereocenters. The molecule has 1 aromatic rings. The summed E-state index contributed by atoms with van der Waals surface area (Å²) in [6, 6.07) is 4.08. The number of aryl methyl sites for hydroxylation is 1. The molecule has 0 aliphatic carbocycles. The van der Waals surface area contributed by atoms with Gasteiger partial charge in [-0.05, 0) is 43.0 Å². The van der Waals surface area contributed by atoms with Crippen molar-refractivity contribution in [1.29, 1.82) is 0 Å². The van der Waals surface area contributed by atoms with Crippen LogP contribution in [-0.4, -0.2) is 20.8 Å². The van der Waals surface area contributed by atoms with Crippen LogP contribution in [0.3, 0.4) is 0 Å². The molecule has 2 N–H and O–H groups in total. The number of methoxy groups -OCH3 is 2. The van der Waals surface area contributed by atoms with Crippen molar-refractivity contribution in [3.05, 3.63) is 23.3 Å². The van der Waals surface area contributed by atoms with Crippen LogP contribution in [-0.2, 0) is 5.41 Å². The van der Waals surface area contributed by atoms with Gasteiger partial charge >= 0.3 is 0 Å². The van der Waals surface area contributed by atoms with Gasteiger partial charge in [0.25, 0.3) is 0 Å². The SMILES string of the molecule is COc1cc(C(C)(C)CCN)c(OC)cc1C. The highest BCUT2D eigenvalue weighted by Gasteiger charge is 2.25. The number of benzene rings is 1. The summed E-state index contributed by atoms with van der Waals surface area (Å²) >= 11 is 0. The molecule has 0 aliphatic heterocycles. The average molecular weight is 237 g/mol. The fraction of sp³-hybridized carbons (Fsp3) is 0.571. The molecule has 0 bridgehead atoms. The minimum absolute atomic E-state index is 0.0128. The molecule has 0 saturated carbocycles. The van der Waals surface area contributed by atoms with Gasteiger partial charge in [0.2, 0.25) is 0 Å². The molecule has 0 spiro atoms. The van der Waals surface area contributed by atoms with Crippen molar-refractivity contribution in [2.24, 2.45) is 5.73 Å². The van der Waals surface area contributed by atoms with E-state index < -0.39 is 0 Å². The van der Waals surface area contributed by atoms with Crippen LogP contribution in [0.1, 0.15) is 31.4 Å². The van der Waals surface area contributed by atoms with Gasteiger partial charge in [0, 0.05) is 5.56 Å². The van der Waals surface area contributed by atoms with E-state index in [4.69, 9.17) is 15.2 Å². The smallest absolute Gasteiger partial charge is 0.123 e. The Morgan fingerprint density at radius 2 is 1.71 bits per heavy atom. The summed E-state index contributed by atoms with van der Waals surface area (Å²) in [4.78, 5) is 0. The lowest BCUT2D eigenvalue weighted by Crippen LogP contribution is -2.22. The van der Waals surface area contributed by atoms with Gasteiger partial charge in [-0.2, -0.15) is 0 Å². The molecule has 96 valence electrons. The zero-order chi connectivity index (χ0) is 13.1. The van der Waals surface area contributed by atoms with E-state index >= 15 is 0 Å². The van der Waals surface area contributed by atoms with Crippen molar-refractivity contribution in [1.82, 2.24) is 0 Å². The van der Waals surface area contributed by atoms with Crippen molar-refractivity contribution in [2.75, 3.05) is 20.8 Å². The average Bonchev–Trinajstić information content (AvgIpc) is 2.28. The molecule has 0 aliphatic rings. The maximum atomic E-state index is 5.67. The largest absolute Gasteiger partial charge is 0.496 e. The third-order valence-corrected chi connectivity index (χ3v) is 3.22. The molecule has 0 heterocycles. The summed E-state index contributed by atoms with van der Waals surface area (Å²) in [7, 11) is 3.39. The lowest BCUT2D eigenvalue weighted by molar-refractivity contribution is 0.377. The van der Waals surface area contributed by atoms with Crippen molar-refractivity contribution >= 4 is 0 Å². The first kappa shape index (κ1) is 13.8. The van der Waals surface area contributed by atoms with E-state index in [0.29, 0.717) is 6.54 Å². The summed E-state index contributed by atoms with van der Waals surface area (Å²) in [5.41, 5.74) is 7.89. The minimum Gasteiger partial charge on any atom is -0.496 e. The number of ether oxygens (including phenoxy) is 2. The van der Waals surface area contributed by atoms with E-state index in [1.807, 2.05) is 13.0 Å². The molecular weight excluding hydrogens is 214 g/mol. The second kappa shape index (κ2) is 5.41. The summed E-state index contributed by atoms with van der Waals surface area (Å²) in [5, 5.41) is 0. The highest BCUT2D eigenvalue weighted by molar-refractivity contribution is 5.49. The van der Waals surface area contributed by atoms with Crippen LogP contribution >= 0.6 is 0 Å². The molecule has 3 heteroatoms. The standard InChI is InChI=1S/C14H23NO2/c1-10-8-13(17-5)11(9-12(10)16-4)14(2,3)6-7-15/h8-9H,6-7,15H2,1-5H3. The Hall–Kier alpha value is -1.22. The number of rotatable bonds is 5. The number of nitrogens with two attached hydrogens (primary N) is 1. The Morgan fingerprint density at radius 3 is 2.18 bits per heavy atom. The molecular formula is C14H23NO2. The molecule has 1 rings (SSSR count). The van der Waals surface area contributed by atoms with Crippen LogP contribution in [0.15, 0.2) is 12.1 Å². The Bertz CT molecular complexity index is 386. The van der Waals surface area contributed by atoms with Crippen molar-refractivity contribution < 1.29 is 9.47 Å². The molecule has 0 radical (unpaired) electrons. The van der Waals surface area contributed by atoms with Gasteiger partial charge < -0.3 is 15.2 Å². The van der Waals surface area contributed by atoms with E-state index in [2.05, 4.69) is 19.9 Å². The fourth-order valence-electron chi connectivity index (χ4n) is 2.07. The van der Waals surface area contributed by atoms with Crippen LogP contribution in [0.25, 0.3) is 0 Å². The number of hydrogen-bond acceptors (Lipinski definition) is 3. The predicted molar refractivity (Wildman–Crippen MR) is 71.0 cm³/mol. The van der Waals surface area contributed by atoms with Gasteiger partial charge in [0.05, 0.1) is 14.2 Å². The van der Waals surface area contributed by atoms with Crippen LogP contribution < -0.4 is 15.2 Å². The highest BCUT2D eigenvalue weighted by atomic mass is 16.5. The summed E-state index contributed by atoms with van der Waals surface area (Å²) in [6.45, 7) is 7.02. The summed E-state index contributed by atoms with van der Waals surface area (Å²) in [6.07, 6.45) is 0.912. The second-order valence-corrected chi connectivity index (χ2v) is 4.94. The van der Waals surface area contributed by atoms with Crippen LogP contribution in [0.5, 0.6) is 11.5 Å². The highest BCUT2D eigenvalue weighted by Crippen LogP contribution is 2.38. The third-order valence-electron chi connectivity index (χ3n) is 3.22. The normalized spacial score (nSPS) is 11.4. The van der Waals surface area contributed by atoms with E-state index in [-0.39, 0.29) is 5.41 Å². The molecule has 0 aromatic heterocycles. The van der Waals surface area contributed by atoms with Gasteiger partial charge in [-0.1, -0.05) is 13.8 Å². The monoisotopic (exact) mass is 237 g/mol. The first-order valence-electron chi connectivity index (χ1n) is 5.89. The molecule has 0 unspecified atom stereocenters. The zero-order valence-electron chi connectivity index (χ0n) is 11.5. The fourth-order valence-corrected chi connectivity index (χ4v) is 2.07. The van der Waals surface area contributed by atoms with Gasteiger partial charge in [-0.15, -0.1) is 0 Å². The van der Waals surface area contributed by atoms with Crippen LogP contribution in [0.2, 0.25) is 0 Å². The Balaban J connectivity index is 3.29. The van der Waals surface area contributed by atoms with E-state index in [0.717, 1.165) is 29.0 Å². The summed E-state index contributed by atoms with van der Waals surface area (Å²) < 4.78 is 10.8. The Morgan fingerprint density at radius 1 is 1.12 bits per heavy atom. The first-order valence-corrected chi connectivity index (χ1v) is 5.89. The van der Waals surface area contributed by atoms with Crippen LogP contribution in [0.4, 0.5) is 0 Å². The lowest BCUT2D eigenvalue weighted by Gasteiger charge is -2.27. The van der Waals surface area contributed by atoms with E-state index in [9.17, 15) is 0 Å². The number of hydrogen-bond donors (Lipinski definition) is 1.